The molecule has 0 unspecified atom stereocenters. The van der Waals surface area contributed by atoms with Gasteiger partial charge in [0.2, 0.25) is 0 Å². The number of nitrogens with zero attached hydrogens (tertiary/aromatic N) is 2. The van der Waals surface area contributed by atoms with Crippen molar-refractivity contribution in [1.29, 1.82) is 5.26 Å². The highest BCUT2D eigenvalue weighted by Gasteiger charge is 2.43. The van der Waals surface area contributed by atoms with E-state index >= 15 is 0 Å². The van der Waals surface area contributed by atoms with E-state index in [4.69, 9.17) is 5.26 Å². The van der Waals surface area contributed by atoms with Crippen LogP contribution in [0.5, 0.6) is 0 Å². The van der Waals surface area contributed by atoms with Gasteiger partial charge in [-0.05, 0) is 30.7 Å². The van der Waals surface area contributed by atoms with Crippen molar-refractivity contribution in [2.75, 3.05) is 12.3 Å². The fourth-order valence-corrected chi connectivity index (χ4v) is 2.41. The molecule has 1 heterocycles. The average molecular weight is 261 g/mol. The van der Waals surface area contributed by atoms with E-state index in [2.05, 4.69) is 16.4 Å². The first-order valence-electron chi connectivity index (χ1n) is 5.98. The van der Waals surface area contributed by atoms with Crippen molar-refractivity contribution < 1.29 is 4.79 Å². The summed E-state index contributed by atoms with van der Waals surface area (Å²) in [5.74, 6) is 0.710. The quantitative estimate of drug-likeness (QED) is 0.825. The van der Waals surface area contributed by atoms with Crippen LogP contribution >= 0.6 is 11.8 Å². The third kappa shape index (κ3) is 2.82. The van der Waals surface area contributed by atoms with Gasteiger partial charge in [0.15, 0.2) is 0 Å². The predicted octanol–water partition coefficient (Wildman–Crippen LogP) is 2.23. The van der Waals surface area contributed by atoms with Crippen LogP contribution in [0.15, 0.2) is 23.2 Å². The molecule has 0 radical (unpaired) electrons. The van der Waals surface area contributed by atoms with Crippen molar-refractivity contribution in [2.45, 2.75) is 24.7 Å². The highest BCUT2D eigenvalue weighted by Crippen LogP contribution is 2.44. The number of aromatic nitrogens is 1. The molecule has 1 aliphatic rings. The molecule has 1 aromatic rings. The highest BCUT2D eigenvalue weighted by molar-refractivity contribution is 7.99. The van der Waals surface area contributed by atoms with E-state index in [9.17, 15) is 4.79 Å². The fourth-order valence-electron chi connectivity index (χ4n) is 1.65. The zero-order chi connectivity index (χ0) is 13.0. The minimum atomic E-state index is -0.317. The first-order chi connectivity index (χ1) is 8.71. The first kappa shape index (κ1) is 12.9. The molecule has 1 fully saturated rings. The van der Waals surface area contributed by atoms with Gasteiger partial charge >= 0.3 is 0 Å². The third-order valence-electron chi connectivity index (χ3n) is 2.96. The molecule has 18 heavy (non-hydrogen) atoms. The third-order valence-corrected chi connectivity index (χ3v) is 3.89. The Bertz CT molecular complexity index is 491. The van der Waals surface area contributed by atoms with Crippen LogP contribution in [0.4, 0.5) is 0 Å². The molecular formula is C13H15N3OS. The summed E-state index contributed by atoms with van der Waals surface area (Å²) in [4.78, 5) is 17.1. The number of hydrogen-bond donors (Lipinski definition) is 1. The predicted molar refractivity (Wildman–Crippen MR) is 70.2 cm³/mol. The summed E-state index contributed by atoms with van der Waals surface area (Å²) in [6, 6.07) is 5.98. The largest absolute Gasteiger partial charge is 0.349 e. The van der Waals surface area contributed by atoms with Gasteiger partial charge in [0, 0.05) is 17.6 Å². The second-order valence-electron chi connectivity index (χ2n) is 4.36. The molecule has 1 saturated carbocycles. The SMILES string of the molecule is CCSc1cccnc1C(=O)NCC1(C#N)CC1. The topological polar surface area (TPSA) is 65.8 Å². The van der Waals surface area contributed by atoms with Gasteiger partial charge in [-0.3, -0.25) is 4.79 Å². The van der Waals surface area contributed by atoms with Crippen molar-refractivity contribution in [2.24, 2.45) is 5.41 Å². The summed E-state index contributed by atoms with van der Waals surface area (Å²) >= 11 is 1.60. The van der Waals surface area contributed by atoms with Gasteiger partial charge in [0.05, 0.1) is 11.5 Å². The molecule has 2 rings (SSSR count). The molecule has 0 bridgehead atoms. The van der Waals surface area contributed by atoms with E-state index in [1.54, 1.807) is 18.0 Å². The fraction of sp³-hybridized carbons (Fsp3) is 0.462. The van der Waals surface area contributed by atoms with Crippen molar-refractivity contribution in [3.8, 4) is 6.07 Å². The Morgan fingerprint density at radius 3 is 3.06 bits per heavy atom. The Balaban J connectivity index is 2.02. The number of nitriles is 1. The van der Waals surface area contributed by atoms with Crippen LogP contribution in [0.3, 0.4) is 0 Å². The van der Waals surface area contributed by atoms with Crippen LogP contribution in [0.25, 0.3) is 0 Å². The van der Waals surface area contributed by atoms with E-state index in [1.165, 1.54) is 0 Å². The Morgan fingerprint density at radius 1 is 1.67 bits per heavy atom. The highest BCUT2D eigenvalue weighted by atomic mass is 32.2. The van der Waals surface area contributed by atoms with Crippen molar-refractivity contribution in [1.82, 2.24) is 10.3 Å². The number of amides is 1. The Labute approximate surface area is 111 Å². The number of pyridine rings is 1. The number of thioether (sulfide) groups is 1. The van der Waals surface area contributed by atoms with E-state index < -0.39 is 0 Å². The molecule has 1 amide bonds. The normalized spacial score (nSPS) is 15.8. The molecule has 1 aromatic heterocycles. The molecule has 94 valence electrons. The van der Waals surface area contributed by atoms with E-state index in [-0.39, 0.29) is 11.3 Å². The van der Waals surface area contributed by atoms with Crippen LogP contribution < -0.4 is 5.32 Å². The van der Waals surface area contributed by atoms with Gasteiger partial charge in [-0.25, -0.2) is 4.98 Å². The molecule has 0 spiro atoms. The zero-order valence-corrected chi connectivity index (χ0v) is 11.1. The van der Waals surface area contributed by atoms with Gasteiger partial charge in [-0.15, -0.1) is 11.8 Å². The van der Waals surface area contributed by atoms with Gasteiger partial charge in [0.25, 0.3) is 5.91 Å². The van der Waals surface area contributed by atoms with Crippen LogP contribution in [-0.2, 0) is 0 Å². The lowest BCUT2D eigenvalue weighted by atomic mass is 10.1. The van der Waals surface area contributed by atoms with E-state index in [0.717, 1.165) is 23.5 Å². The summed E-state index contributed by atoms with van der Waals surface area (Å²) in [5.41, 5.74) is 0.140. The Hall–Kier alpha value is -1.54. The lowest BCUT2D eigenvalue weighted by Gasteiger charge is -2.10. The Morgan fingerprint density at radius 2 is 2.44 bits per heavy atom. The molecule has 0 saturated heterocycles. The standard InChI is InChI=1S/C13H15N3OS/c1-2-18-10-4-3-7-15-11(10)12(17)16-9-13(8-14)5-6-13/h3-4,7H,2,5-6,9H2,1H3,(H,16,17). The van der Waals surface area contributed by atoms with Crippen molar-refractivity contribution in [3.05, 3.63) is 24.0 Å². The van der Waals surface area contributed by atoms with Crippen LogP contribution in [0.1, 0.15) is 30.3 Å². The van der Waals surface area contributed by atoms with Crippen LogP contribution in [-0.4, -0.2) is 23.2 Å². The maximum atomic E-state index is 12.0. The van der Waals surface area contributed by atoms with Crippen molar-refractivity contribution >= 4 is 17.7 Å². The lowest BCUT2D eigenvalue weighted by Crippen LogP contribution is -2.30. The smallest absolute Gasteiger partial charge is 0.271 e. The minimum Gasteiger partial charge on any atom is -0.349 e. The van der Waals surface area contributed by atoms with Gasteiger partial charge in [0.1, 0.15) is 5.69 Å². The number of carbonyl (C=O) groups excluding carboxylic acids is 1. The maximum Gasteiger partial charge on any atom is 0.271 e. The molecule has 1 aliphatic carbocycles. The summed E-state index contributed by atoms with van der Waals surface area (Å²) in [5, 5.41) is 11.8. The zero-order valence-electron chi connectivity index (χ0n) is 10.3. The van der Waals surface area contributed by atoms with Gasteiger partial charge in [-0.1, -0.05) is 6.92 Å². The second-order valence-corrected chi connectivity index (χ2v) is 5.66. The monoisotopic (exact) mass is 261 g/mol. The van der Waals surface area contributed by atoms with E-state index in [0.29, 0.717) is 12.2 Å². The van der Waals surface area contributed by atoms with E-state index in [1.807, 2.05) is 19.1 Å². The number of carbonyl (C=O) groups is 1. The molecule has 0 atom stereocenters. The molecule has 5 heteroatoms. The average Bonchev–Trinajstić information content (AvgIpc) is 3.18. The number of nitrogens with one attached hydrogen (secondary N) is 1. The molecule has 1 N–H and O–H groups in total. The molecule has 0 aromatic carbocycles. The summed E-state index contributed by atoms with van der Waals surface area (Å²) in [7, 11) is 0. The molecule has 4 nitrogen and oxygen atoms in total. The maximum absolute atomic E-state index is 12.0. The summed E-state index contributed by atoms with van der Waals surface area (Å²) < 4.78 is 0. The second kappa shape index (κ2) is 5.40. The van der Waals surface area contributed by atoms with Gasteiger partial charge in [-0.2, -0.15) is 5.26 Å². The Kier molecular flexibility index (Phi) is 3.87. The van der Waals surface area contributed by atoms with Crippen LogP contribution in [0.2, 0.25) is 0 Å². The number of rotatable bonds is 5. The summed E-state index contributed by atoms with van der Waals surface area (Å²) in [6.45, 7) is 2.46. The molecule has 0 aliphatic heterocycles. The van der Waals surface area contributed by atoms with Gasteiger partial charge < -0.3 is 5.32 Å². The van der Waals surface area contributed by atoms with Crippen LogP contribution in [0, 0.1) is 16.7 Å². The first-order valence-corrected chi connectivity index (χ1v) is 6.96. The molecular weight excluding hydrogens is 246 g/mol. The number of hydrogen-bond acceptors (Lipinski definition) is 4. The van der Waals surface area contributed by atoms with Crippen molar-refractivity contribution in [3.63, 3.8) is 0 Å². The summed E-state index contributed by atoms with van der Waals surface area (Å²) in [6.07, 6.45) is 3.37. The lowest BCUT2D eigenvalue weighted by molar-refractivity contribution is 0.0940. The minimum absolute atomic E-state index is 0.187.